The van der Waals surface area contributed by atoms with E-state index in [9.17, 15) is 0 Å². The Morgan fingerprint density at radius 2 is 1.89 bits per heavy atom. The monoisotopic (exact) mass is 371 g/mol. The second-order valence-corrected chi connectivity index (χ2v) is 6.97. The SMILES string of the molecule is CC(C)C(NCc1ccc(I)cc1)c1cccs1. The van der Waals surface area contributed by atoms with E-state index in [-0.39, 0.29) is 0 Å². The van der Waals surface area contributed by atoms with Crippen molar-refractivity contribution < 1.29 is 0 Å². The first-order valence-electron chi connectivity index (χ1n) is 6.18. The predicted molar refractivity (Wildman–Crippen MR) is 87.9 cm³/mol. The highest BCUT2D eigenvalue weighted by molar-refractivity contribution is 14.1. The lowest BCUT2D eigenvalue weighted by atomic mass is 10.0. The van der Waals surface area contributed by atoms with Crippen LogP contribution in [0, 0.1) is 9.49 Å². The molecule has 1 nitrogen and oxygen atoms in total. The molecule has 2 aromatic rings. The van der Waals surface area contributed by atoms with Crippen molar-refractivity contribution in [2.75, 3.05) is 0 Å². The highest BCUT2D eigenvalue weighted by Crippen LogP contribution is 2.26. The van der Waals surface area contributed by atoms with Crippen molar-refractivity contribution >= 4 is 33.9 Å². The van der Waals surface area contributed by atoms with Crippen molar-refractivity contribution in [3.05, 3.63) is 55.8 Å². The van der Waals surface area contributed by atoms with E-state index < -0.39 is 0 Å². The van der Waals surface area contributed by atoms with E-state index in [2.05, 4.69) is 83.5 Å². The van der Waals surface area contributed by atoms with E-state index >= 15 is 0 Å². The van der Waals surface area contributed by atoms with Crippen molar-refractivity contribution in [1.82, 2.24) is 5.32 Å². The summed E-state index contributed by atoms with van der Waals surface area (Å²) < 4.78 is 1.29. The minimum absolute atomic E-state index is 0.448. The molecule has 0 saturated heterocycles. The van der Waals surface area contributed by atoms with Gasteiger partial charge in [0.25, 0.3) is 0 Å². The van der Waals surface area contributed by atoms with Crippen molar-refractivity contribution in [3.8, 4) is 0 Å². The van der Waals surface area contributed by atoms with Gasteiger partial charge in [-0.3, -0.25) is 0 Å². The fourth-order valence-corrected chi connectivity index (χ4v) is 3.30. The van der Waals surface area contributed by atoms with Gasteiger partial charge in [-0.05, 0) is 57.7 Å². The summed E-state index contributed by atoms with van der Waals surface area (Å²) in [5, 5.41) is 5.82. The maximum absolute atomic E-state index is 3.67. The van der Waals surface area contributed by atoms with Crippen LogP contribution >= 0.6 is 33.9 Å². The Morgan fingerprint density at radius 3 is 2.44 bits per heavy atom. The van der Waals surface area contributed by atoms with Crippen LogP contribution in [-0.4, -0.2) is 0 Å². The quantitative estimate of drug-likeness (QED) is 0.742. The zero-order valence-corrected chi connectivity index (χ0v) is 13.7. The molecule has 2 rings (SSSR count). The lowest BCUT2D eigenvalue weighted by Gasteiger charge is -2.21. The molecule has 0 radical (unpaired) electrons. The van der Waals surface area contributed by atoms with Crippen molar-refractivity contribution in [2.45, 2.75) is 26.4 Å². The fourth-order valence-electron chi connectivity index (χ4n) is 1.96. The van der Waals surface area contributed by atoms with E-state index in [4.69, 9.17) is 0 Å². The summed E-state index contributed by atoms with van der Waals surface area (Å²) in [7, 11) is 0. The third kappa shape index (κ3) is 3.80. The normalized spacial score (nSPS) is 12.9. The number of hydrogen-bond donors (Lipinski definition) is 1. The molecule has 3 heteroatoms. The van der Waals surface area contributed by atoms with Crippen LogP contribution in [0.3, 0.4) is 0 Å². The molecule has 1 aromatic heterocycles. The first-order valence-corrected chi connectivity index (χ1v) is 8.14. The second kappa shape index (κ2) is 6.68. The lowest BCUT2D eigenvalue weighted by Crippen LogP contribution is -2.24. The number of thiophene rings is 1. The molecule has 1 aromatic carbocycles. The molecule has 1 unspecified atom stereocenters. The van der Waals surface area contributed by atoms with Crippen LogP contribution in [0.2, 0.25) is 0 Å². The molecule has 96 valence electrons. The second-order valence-electron chi connectivity index (χ2n) is 4.74. The molecule has 0 spiro atoms. The number of rotatable bonds is 5. The van der Waals surface area contributed by atoms with Gasteiger partial charge in [0.2, 0.25) is 0 Å². The molecule has 1 atom stereocenters. The lowest BCUT2D eigenvalue weighted by molar-refractivity contribution is 0.416. The van der Waals surface area contributed by atoms with E-state index in [1.165, 1.54) is 14.0 Å². The molecular weight excluding hydrogens is 353 g/mol. The molecule has 0 bridgehead atoms. The number of nitrogens with one attached hydrogen (secondary N) is 1. The molecule has 0 fully saturated rings. The first-order chi connectivity index (χ1) is 8.66. The molecule has 0 aliphatic heterocycles. The number of hydrogen-bond acceptors (Lipinski definition) is 2. The zero-order valence-electron chi connectivity index (χ0n) is 10.7. The summed E-state index contributed by atoms with van der Waals surface area (Å²) in [4.78, 5) is 1.43. The van der Waals surface area contributed by atoms with Crippen LogP contribution in [0.1, 0.15) is 30.3 Å². The van der Waals surface area contributed by atoms with Crippen LogP contribution in [0.25, 0.3) is 0 Å². The molecule has 18 heavy (non-hydrogen) atoms. The maximum Gasteiger partial charge on any atom is 0.0440 e. The predicted octanol–water partition coefficient (Wildman–Crippen LogP) is 4.84. The van der Waals surface area contributed by atoms with Gasteiger partial charge in [0.1, 0.15) is 0 Å². The highest BCUT2D eigenvalue weighted by atomic mass is 127. The Morgan fingerprint density at radius 1 is 1.17 bits per heavy atom. The Hall–Kier alpha value is -0.390. The van der Waals surface area contributed by atoms with E-state index in [1.54, 1.807) is 0 Å². The molecule has 1 heterocycles. The number of benzene rings is 1. The third-order valence-electron chi connectivity index (χ3n) is 2.96. The first kappa shape index (κ1) is 14.0. The van der Waals surface area contributed by atoms with Crippen LogP contribution in [-0.2, 0) is 6.54 Å². The van der Waals surface area contributed by atoms with Gasteiger partial charge in [-0.15, -0.1) is 11.3 Å². The molecule has 0 aliphatic carbocycles. The van der Waals surface area contributed by atoms with Gasteiger partial charge in [-0.25, -0.2) is 0 Å². The average molecular weight is 371 g/mol. The Balaban J connectivity index is 2.00. The molecular formula is C15H18INS. The van der Waals surface area contributed by atoms with Crippen molar-refractivity contribution in [3.63, 3.8) is 0 Å². The van der Waals surface area contributed by atoms with E-state index in [0.717, 1.165) is 6.54 Å². The van der Waals surface area contributed by atoms with Crippen LogP contribution in [0.5, 0.6) is 0 Å². The fraction of sp³-hybridized carbons (Fsp3) is 0.333. The maximum atomic E-state index is 3.67. The molecule has 0 aliphatic rings. The van der Waals surface area contributed by atoms with Gasteiger partial charge in [-0.1, -0.05) is 32.0 Å². The Bertz CT molecular complexity index is 462. The molecule has 0 amide bonds. The van der Waals surface area contributed by atoms with Crippen molar-refractivity contribution in [1.29, 1.82) is 0 Å². The van der Waals surface area contributed by atoms with Gasteiger partial charge in [-0.2, -0.15) is 0 Å². The van der Waals surface area contributed by atoms with Gasteiger partial charge < -0.3 is 5.32 Å². The largest absolute Gasteiger partial charge is 0.305 e. The minimum Gasteiger partial charge on any atom is -0.305 e. The van der Waals surface area contributed by atoms with E-state index in [0.29, 0.717) is 12.0 Å². The molecule has 0 saturated carbocycles. The number of halogens is 1. The van der Waals surface area contributed by atoms with E-state index in [1.807, 2.05) is 11.3 Å². The minimum atomic E-state index is 0.448. The standard InChI is InChI=1S/C15H18INS/c1-11(2)15(14-4-3-9-18-14)17-10-12-5-7-13(16)8-6-12/h3-9,11,15,17H,10H2,1-2H3. The van der Waals surface area contributed by atoms with Gasteiger partial charge >= 0.3 is 0 Å². The Kier molecular flexibility index (Phi) is 5.21. The van der Waals surface area contributed by atoms with Crippen LogP contribution in [0.15, 0.2) is 41.8 Å². The summed E-state index contributed by atoms with van der Waals surface area (Å²) in [6.07, 6.45) is 0. The molecule has 1 N–H and O–H groups in total. The average Bonchev–Trinajstić information content (AvgIpc) is 2.85. The summed E-state index contributed by atoms with van der Waals surface area (Å²) >= 11 is 4.17. The summed E-state index contributed by atoms with van der Waals surface area (Å²) in [5.74, 6) is 0.604. The van der Waals surface area contributed by atoms with Crippen molar-refractivity contribution in [2.24, 2.45) is 5.92 Å². The summed E-state index contributed by atoms with van der Waals surface area (Å²) in [6.45, 7) is 5.47. The van der Waals surface area contributed by atoms with Crippen LogP contribution < -0.4 is 5.32 Å². The van der Waals surface area contributed by atoms with Gasteiger partial charge in [0.05, 0.1) is 0 Å². The highest BCUT2D eigenvalue weighted by Gasteiger charge is 2.15. The third-order valence-corrected chi connectivity index (χ3v) is 4.63. The smallest absolute Gasteiger partial charge is 0.0440 e. The summed E-state index contributed by atoms with van der Waals surface area (Å²) in [5.41, 5.74) is 1.35. The topological polar surface area (TPSA) is 12.0 Å². The Labute approximate surface area is 127 Å². The van der Waals surface area contributed by atoms with Gasteiger partial charge in [0, 0.05) is 21.0 Å². The van der Waals surface area contributed by atoms with Crippen LogP contribution in [0.4, 0.5) is 0 Å². The summed E-state index contributed by atoms with van der Waals surface area (Å²) in [6, 6.07) is 13.5. The van der Waals surface area contributed by atoms with Gasteiger partial charge in [0.15, 0.2) is 0 Å². The zero-order chi connectivity index (χ0) is 13.0.